The van der Waals surface area contributed by atoms with Gasteiger partial charge in [-0.05, 0) is 129 Å². The Bertz CT molecular complexity index is 4180. The van der Waals surface area contributed by atoms with Crippen molar-refractivity contribution in [2.24, 2.45) is 0 Å². The number of sulfone groups is 1. The zero-order chi connectivity index (χ0) is 42.3. The van der Waals surface area contributed by atoms with Gasteiger partial charge < -0.3 is 4.57 Å². The topological polar surface area (TPSA) is 43.5 Å². The minimum absolute atomic E-state index is 0.356. The molecule has 0 spiro atoms. The fraction of sp³-hybridized carbons (Fsp3) is 0. The zero-order valence-electron chi connectivity index (χ0n) is 34.2. The molecule has 0 saturated carbocycles. The predicted molar refractivity (Wildman–Crippen MR) is 266 cm³/mol. The highest BCUT2D eigenvalue weighted by Gasteiger charge is 2.33. The van der Waals surface area contributed by atoms with E-state index in [9.17, 15) is 8.42 Å². The highest BCUT2D eigenvalue weighted by molar-refractivity contribution is 7.92. The molecule has 64 heavy (non-hydrogen) atoms. The van der Waals surface area contributed by atoms with Gasteiger partial charge in [0, 0.05) is 49.1 Å². The van der Waals surface area contributed by atoms with E-state index in [0.29, 0.717) is 9.79 Å². The molecule has 13 aromatic rings. The van der Waals surface area contributed by atoms with E-state index in [0.717, 1.165) is 55.7 Å². The molecule has 0 atom stereocenters. The third kappa shape index (κ3) is 5.00. The van der Waals surface area contributed by atoms with Gasteiger partial charge in [0.15, 0.2) is 0 Å². The average molecular weight is 855 g/mol. The Hall–Kier alpha value is -7.77. The molecule has 0 amide bonds. The summed E-state index contributed by atoms with van der Waals surface area (Å²) in [5, 5.41) is 9.71. The van der Waals surface area contributed by atoms with Crippen molar-refractivity contribution in [2.75, 3.05) is 0 Å². The fourth-order valence-corrected chi connectivity index (χ4v) is 13.1. The minimum Gasteiger partial charge on any atom is -0.309 e. The Morgan fingerprint density at radius 2 is 0.844 bits per heavy atom. The molecule has 0 fully saturated rings. The van der Waals surface area contributed by atoms with E-state index in [1.165, 1.54) is 64.9 Å². The first-order valence-corrected chi connectivity index (χ1v) is 23.8. The van der Waals surface area contributed by atoms with E-state index < -0.39 is 9.84 Å². The lowest BCUT2D eigenvalue weighted by Gasteiger charge is -2.11. The summed E-state index contributed by atoms with van der Waals surface area (Å²) in [6.07, 6.45) is 0. The lowest BCUT2D eigenvalue weighted by atomic mass is 9.95. The molecule has 6 heteroatoms. The minimum atomic E-state index is -3.66. The number of thiophene rings is 1. The standard InChI is InChI=1S/C58H34N2O2S2/c61-64(62)55-26-21-40(36-14-16-38(17-15-36)42-33-50-45-11-5-7-13-53(45)60-57(50)51(34-42)46-28-29-63-58(46)60)31-48(55)49-32-41(22-27-56(49)64)37-18-23-43(24-19-37)59-52-12-6-4-10-44(52)47-30-39(20-25-54(47)59)35-8-2-1-3-9-35/h1-34H. The van der Waals surface area contributed by atoms with E-state index in [-0.39, 0.29) is 0 Å². The Morgan fingerprint density at radius 1 is 0.359 bits per heavy atom. The number of fused-ring (bicyclic) bond motifs is 12. The van der Waals surface area contributed by atoms with E-state index in [2.05, 4.69) is 172 Å². The maximum Gasteiger partial charge on any atom is 0.207 e. The molecule has 0 aliphatic carbocycles. The summed E-state index contributed by atoms with van der Waals surface area (Å²) in [6.45, 7) is 0. The first-order chi connectivity index (χ1) is 31.5. The van der Waals surface area contributed by atoms with Crippen LogP contribution in [-0.2, 0) is 9.84 Å². The summed E-state index contributed by atoms with van der Waals surface area (Å²) in [6, 6.07) is 70.2. The molecule has 1 aliphatic rings. The molecular formula is C58H34N2O2S2. The summed E-state index contributed by atoms with van der Waals surface area (Å²) in [7, 11) is -3.66. The fourth-order valence-electron chi connectivity index (χ4n) is 10.5. The van der Waals surface area contributed by atoms with E-state index in [4.69, 9.17) is 0 Å². The lowest BCUT2D eigenvalue weighted by molar-refractivity contribution is 0.598. The SMILES string of the molecule is O=S1(=O)c2ccc(-c3ccc(-c4cc5c6ccccc6n6c7sccc7c(c4)c56)cc3)cc2-c2cc(-c3ccc(-n4c5ccccc5c5cc(-c6ccccc6)ccc54)cc3)ccc21. The van der Waals surface area contributed by atoms with Crippen molar-refractivity contribution < 1.29 is 8.42 Å². The van der Waals surface area contributed by atoms with Crippen LogP contribution in [0.5, 0.6) is 0 Å². The largest absolute Gasteiger partial charge is 0.309 e. The van der Waals surface area contributed by atoms with Crippen LogP contribution in [0.15, 0.2) is 215 Å². The number of hydrogen-bond acceptors (Lipinski definition) is 3. The lowest BCUT2D eigenvalue weighted by Crippen LogP contribution is -1.96. The second-order valence-corrected chi connectivity index (χ2v) is 19.7. The Balaban J connectivity index is 0.809. The summed E-state index contributed by atoms with van der Waals surface area (Å²) < 4.78 is 32.6. The molecule has 0 N–H and O–H groups in total. The van der Waals surface area contributed by atoms with Crippen molar-refractivity contribution in [2.45, 2.75) is 9.79 Å². The van der Waals surface area contributed by atoms with Gasteiger partial charge in [0.2, 0.25) is 9.84 Å². The van der Waals surface area contributed by atoms with Crippen molar-refractivity contribution in [1.82, 2.24) is 8.97 Å². The van der Waals surface area contributed by atoms with Crippen LogP contribution in [0.4, 0.5) is 0 Å². The van der Waals surface area contributed by atoms with Crippen LogP contribution in [0.25, 0.3) is 121 Å². The van der Waals surface area contributed by atoms with Gasteiger partial charge in [-0.15, -0.1) is 11.3 Å². The summed E-state index contributed by atoms with van der Waals surface area (Å²) in [5.41, 5.74) is 16.1. The number of nitrogens with zero attached hydrogens (tertiary/aromatic N) is 2. The number of hydrogen-bond donors (Lipinski definition) is 0. The molecule has 300 valence electrons. The molecule has 4 nitrogen and oxygen atoms in total. The maximum atomic E-state index is 13.9. The second kappa shape index (κ2) is 13.1. The van der Waals surface area contributed by atoms with Crippen LogP contribution in [0.1, 0.15) is 0 Å². The smallest absolute Gasteiger partial charge is 0.207 e. The Kier molecular flexibility index (Phi) is 7.34. The van der Waals surface area contributed by atoms with Gasteiger partial charge in [0.1, 0.15) is 4.83 Å². The monoisotopic (exact) mass is 854 g/mol. The number of rotatable bonds is 5. The highest BCUT2D eigenvalue weighted by atomic mass is 32.2. The third-order valence-corrected chi connectivity index (χ3v) is 16.3. The molecule has 1 aliphatic heterocycles. The summed E-state index contributed by atoms with van der Waals surface area (Å²) >= 11 is 1.79. The van der Waals surface area contributed by atoms with Gasteiger partial charge in [-0.2, -0.15) is 0 Å². The molecule has 0 unspecified atom stereocenters. The van der Waals surface area contributed by atoms with E-state index in [1.54, 1.807) is 23.5 Å². The van der Waals surface area contributed by atoms with Crippen molar-refractivity contribution >= 4 is 80.4 Å². The first kappa shape index (κ1) is 35.8. The van der Waals surface area contributed by atoms with Crippen molar-refractivity contribution in [1.29, 1.82) is 0 Å². The molecule has 14 rings (SSSR count). The van der Waals surface area contributed by atoms with Crippen molar-refractivity contribution in [3.05, 3.63) is 206 Å². The van der Waals surface area contributed by atoms with Crippen LogP contribution < -0.4 is 0 Å². The van der Waals surface area contributed by atoms with Crippen LogP contribution in [0.2, 0.25) is 0 Å². The van der Waals surface area contributed by atoms with Crippen LogP contribution >= 0.6 is 11.3 Å². The van der Waals surface area contributed by atoms with Gasteiger partial charge in [0.25, 0.3) is 0 Å². The van der Waals surface area contributed by atoms with Gasteiger partial charge in [-0.1, -0.05) is 121 Å². The van der Waals surface area contributed by atoms with Gasteiger partial charge >= 0.3 is 0 Å². The Morgan fingerprint density at radius 3 is 1.53 bits per heavy atom. The highest BCUT2D eigenvalue weighted by Crippen LogP contribution is 2.47. The van der Waals surface area contributed by atoms with Crippen LogP contribution in [-0.4, -0.2) is 17.4 Å². The van der Waals surface area contributed by atoms with Crippen LogP contribution in [0, 0.1) is 0 Å². The molecular weight excluding hydrogens is 821 g/mol. The first-order valence-electron chi connectivity index (χ1n) is 21.5. The molecule has 0 saturated heterocycles. The molecule has 4 aromatic heterocycles. The van der Waals surface area contributed by atoms with Gasteiger partial charge in [-0.25, -0.2) is 8.42 Å². The predicted octanol–water partition coefficient (Wildman–Crippen LogP) is 15.5. The molecule has 0 bridgehead atoms. The van der Waals surface area contributed by atoms with Crippen LogP contribution in [0.3, 0.4) is 0 Å². The average Bonchev–Trinajstić information content (AvgIpc) is 4.15. The second-order valence-electron chi connectivity index (χ2n) is 16.9. The van der Waals surface area contributed by atoms with E-state index >= 15 is 0 Å². The summed E-state index contributed by atoms with van der Waals surface area (Å²) in [5.74, 6) is 0. The Labute approximate surface area is 372 Å². The molecule has 0 radical (unpaired) electrons. The quantitative estimate of drug-likeness (QED) is 0.173. The van der Waals surface area contributed by atoms with Crippen molar-refractivity contribution in [3.8, 4) is 61.3 Å². The molecule has 9 aromatic carbocycles. The zero-order valence-corrected chi connectivity index (χ0v) is 35.8. The third-order valence-electron chi connectivity index (χ3n) is 13.5. The normalized spacial score (nSPS) is 13.2. The maximum absolute atomic E-state index is 13.9. The number of aromatic nitrogens is 2. The summed E-state index contributed by atoms with van der Waals surface area (Å²) in [4.78, 5) is 2.00. The van der Waals surface area contributed by atoms with Gasteiger partial charge in [-0.3, -0.25) is 4.40 Å². The van der Waals surface area contributed by atoms with Gasteiger partial charge in [0.05, 0.1) is 31.9 Å². The molecule has 5 heterocycles. The van der Waals surface area contributed by atoms with Crippen molar-refractivity contribution in [3.63, 3.8) is 0 Å². The number of benzene rings is 9. The van der Waals surface area contributed by atoms with E-state index in [1.807, 2.05) is 30.3 Å². The number of para-hydroxylation sites is 2.